The van der Waals surface area contributed by atoms with E-state index in [-0.39, 0.29) is 18.9 Å². The average Bonchev–Trinajstić information content (AvgIpc) is 3.29. The highest BCUT2D eigenvalue weighted by molar-refractivity contribution is 7.90. The molecule has 0 amide bonds. The van der Waals surface area contributed by atoms with E-state index in [2.05, 4.69) is 21.1 Å². The Morgan fingerprint density at radius 2 is 2.14 bits per heavy atom. The van der Waals surface area contributed by atoms with Crippen LogP contribution in [-0.4, -0.2) is 74.4 Å². The maximum absolute atomic E-state index is 11.4. The highest BCUT2D eigenvalue weighted by atomic mass is 32.2. The molecule has 152 valence electrons. The van der Waals surface area contributed by atoms with Crippen LogP contribution in [0, 0.1) is 11.3 Å². The molecular formula is C18H21N7O3S. The maximum atomic E-state index is 11.4. The van der Waals surface area contributed by atoms with Crippen LogP contribution in [0.15, 0.2) is 31.0 Å². The minimum atomic E-state index is -3.03. The minimum absolute atomic E-state index is 0.0980. The van der Waals surface area contributed by atoms with Gasteiger partial charge >= 0.3 is 0 Å². The van der Waals surface area contributed by atoms with E-state index >= 15 is 0 Å². The number of nitrogens with zero attached hydrogens (tertiary/aromatic N) is 7. The first-order valence-electron chi connectivity index (χ1n) is 9.08. The van der Waals surface area contributed by atoms with Crippen molar-refractivity contribution >= 4 is 20.9 Å². The Kier molecular flexibility index (Phi) is 4.85. The molecule has 1 fully saturated rings. The van der Waals surface area contributed by atoms with E-state index in [9.17, 15) is 18.8 Å². The molecule has 0 saturated carbocycles. The predicted molar refractivity (Wildman–Crippen MR) is 105 cm³/mol. The van der Waals surface area contributed by atoms with Gasteiger partial charge in [-0.15, -0.1) is 0 Å². The molecular weight excluding hydrogens is 394 g/mol. The summed E-state index contributed by atoms with van der Waals surface area (Å²) in [6, 6.07) is 4.08. The van der Waals surface area contributed by atoms with Crippen LogP contribution in [-0.2, 0) is 22.1 Å². The number of rotatable bonds is 7. The normalized spacial score (nSPS) is 16.6. The molecule has 11 heteroatoms. The zero-order valence-electron chi connectivity index (χ0n) is 15.9. The van der Waals surface area contributed by atoms with Gasteiger partial charge in [0.25, 0.3) is 0 Å². The smallest absolute Gasteiger partial charge is 0.148 e. The Bertz CT molecular complexity index is 1190. The molecule has 0 atom stereocenters. The summed E-state index contributed by atoms with van der Waals surface area (Å²) in [5.74, 6) is 0.0980. The van der Waals surface area contributed by atoms with Gasteiger partial charge in [0.05, 0.1) is 30.1 Å². The molecule has 1 aliphatic heterocycles. The van der Waals surface area contributed by atoms with Gasteiger partial charge in [-0.1, -0.05) is 0 Å². The van der Waals surface area contributed by atoms with Crippen molar-refractivity contribution in [3.05, 3.63) is 31.0 Å². The first kappa shape index (κ1) is 19.5. The van der Waals surface area contributed by atoms with Crippen molar-refractivity contribution in [2.24, 2.45) is 0 Å². The van der Waals surface area contributed by atoms with E-state index in [1.165, 1.54) is 12.6 Å². The number of hydrogen-bond donors (Lipinski definition) is 1. The molecule has 3 aromatic rings. The summed E-state index contributed by atoms with van der Waals surface area (Å²) in [5, 5.41) is 24.0. The largest absolute Gasteiger partial charge is 0.376 e. The van der Waals surface area contributed by atoms with E-state index in [1.807, 2.05) is 17.2 Å². The number of sulfone groups is 1. The minimum Gasteiger partial charge on any atom is -0.376 e. The lowest BCUT2D eigenvalue weighted by Gasteiger charge is -2.49. The highest BCUT2D eigenvalue weighted by Gasteiger charge is 2.45. The number of likely N-dealkylation sites (tertiary alicyclic amines) is 1. The number of aromatic nitrogens is 5. The molecule has 3 aromatic heterocycles. The lowest BCUT2D eigenvalue weighted by atomic mass is 9.87. The fourth-order valence-electron chi connectivity index (χ4n) is 3.78. The first-order chi connectivity index (χ1) is 13.8. The molecule has 0 aromatic carbocycles. The van der Waals surface area contributed by atoms with Crippen LogP contribution in [0.1, 0.15) is 6.42 Å². The molecule has 10 nitrogen and oxygen atoms in total. The van der Waals surface area contributed by atoms with Crippen molar-refractivity contribution in [2.75, 3.05) is 31.6 Å². The molecule has 0 unspecified atom stereocenters. The Morgan fingerprint density at radius 3 is 2.83 bits per heavy atom. The van der Waals surface area contributed by atoms with Crippen molar-refractivity contribution in [2.45, 2.75) is 18.7 Å². The predicted octanol–water partition coefficient (Wildman–Crippen LogP) is 0.214. The zero-order chi connectivity index (χ0) is 20.6. The second-order valence-electron chi connectivity index (χ2n) is 7.46. The van der Waals surface area contributed by atoms with Gasteiger partial charge in [0.1, 0.15) is 34.1 Å². The maximum Gasteiger partial charge on any atom is 0.148 e. The monoisotopic (exact) mass is 415 g/mol. The third-order valence-corrected chi connectivity index (χ3v) is 6.20. The van der Waals surface area contributed by atoms with Crippen LogP contribution in [0.5, 0.6) is 0 Å². The van der Waals surface area contributed by atoms with Gasteiger partial charge in [0.15, 0.2) is 0 Å². The average molecular weight is 415 g/mol. The van der Waals surface area contributed by atoms with Gasteiger partial charge < -0.3 is 9.67 Å². The quantitative estimate of drug-likeness (QED) is 0.580. The number of aliphatic hydroxyl groups is 1. The van der Waals surface area contributed by atoms with E-state index in [1.54, 1.807) is 21.6 Å². The van der Waals surface area contributed by atoms with Crippen molar-refractivity contribution in [1.29, 1.82) is 5.26 Å². The van der Waals surface area contributed by atoms with Crippen LogP contribution in [0.25, 0.3) is 22.3 Å². The van der Waals surface area contributed by atoms with Crippen LogP contribution >= 0.6 is 0 Å². The Labute approximate surface area is 167 Å². The van der Waals surface area contributed by atoms with Crippen molar-refractivity contribution in [1.82, 2.24) is 29.2 Å². The van der Waals surface area contributed by atoms with Crippen LogP contribution in [0.4, 0.5) is 0 Å². The lowest BCUT2D eigenvalue weighted by Crippen LogP contribution is -2.63. The lowest BCUT2D eigenvalue weighted by molar-refractivity contribution is 0.0101. The Hall–Kier alpha value is -2.81. The first-order valence-corrected chi connectivity index (χ1v) is 11.1. The van der Waals surface area contributed by atoms with Gasteiger partial charge in [-0.25, -0.2) is 18.4 Å². The molecule has 1 N–H and O–H groups in total. The topological polar surface area (TPSA) is 130 Å². The van der Waals surface area contributed by atoms with Gasteiger partial charge in [-0.2, -0.15) is 10.4 Å². The van der Waals surface area contributed by atoms with Crippen LogP contribution in [0.3, 0.4) is 0 Å². The molecule has 0 aliphatic carbocycles. The van der Waals surface area contributed by atoms with E-state index in [0.717, 1.165) is 10.9 Å². The third-order valence-electron chi connectivity index (χ3n) is 5.27. The molecule has 29 heavy (non-hydrogen) atoms. The van der Waals surface area contributed by atoms with Crippen molar-refractivity contribution < 1.29 is 13.5 Å². The van der Waals surface area contributed by atoms with Crippen molar-refractivity contribution in [3.8, 4) is 17.3 Å². The second kappa shape index (κ2) is 7.22. The molecule has 4 rings (SSSR count). The fourth-order valence-corrected chi connectivity index (χ4v) is 4.37. The number of aliphatic hydroxyl groups excluding tert-OH is 1. The summed E-state index contributed by atoms with van der Waals surface area (Å²) in [6.07, 6.45) is 8.27. The molecule has 0 spiro atoms. The summed E-state index contributed by atoms with van der Waals surface area (Å²) in [4.78, 5) is 10.6. The number of nitriles is 1. The molecule has 0 radical (unpaired) electrons. The summed E-state index contributed by atoms with van der Waals surface area (Å²) >= 11 is 0. The third kappa shape index (κ3) is 3.62. The molecule has 4 heterocycles. The van der Waals surface area contributed by atoms with Gasteiger partial charge in [0.2, 0.25) is 0 Å². The summed E-state index contributed by atoms with van der Waals surface area (Å²) in [6.45, 7) is 1.41. The Morgan fingerprint density at radius 1 is 1.34 bits per heavy atom. The second-order valence-corrected chi connectivity index (χ2v) is 9.72. The van der Waals surface area contributed by atoms with Gasteiger partial charge in [-0.3, -0.25) is 9.58 Å². The van der Waals surface area contributed by atoms with Crippen molar-refractivity contribution in [3.63, 3.8) is 0 Å². The van der Waals surface area contributed by atoms with E-state index < -0.39 is 15.4 Å². The molecule has 0 bridgehead atoms. The van der Waals surface area contributed by atoms with Gasteiger partial charge in [-0.05, 0) is 6.07 Å². The van der Waals surface area contributed by atoms with Crippen LogP contribution < -0.4 is 0 Å². The molecule has 1 aliphatic rings. The number of hydrogen-bond acceptors (Lipinski definition) is 8. The summed E-state index contributed by atoms with van der Waals surface area (Å²) in [5.41, 5.74) is 1.65. The van der Waals surface area contributed by atoms with E-state index in [0.29, 0.717) is 31.0 Å². The SMILES string of the molecule is CS(=O)(=O)CCN1CC(CC#N)(n2cc(-c3ncnc4c3ccn4CO)cn2)C1. The summed E-state index contributed by atoms with van der Waals surface area (Å²) < 4.78 is 26.2. The summed E-state index contributed by atoms with van der Waals surface area (Å²) in [7, 11) is -3.03. The molecule has 1 saturated heterocycles. The van der Waals surface area contributed by atoms with E-state index in [4.69, 9.17) is 0 Å². The Balaban J connectivity index is 1.60. The standard InChI is InChI=1S/C18H21N7O3S/c1-29(27,28)7-6-23-10-18(11-23,3-4-19)25-9-14(8-22-25)16-15-2-5-24(13-26)17(15)21-12-20-16/h2,5,8-9,12,26H,3,6-7,10-11,13H2,1H3. The fraction of sp³-hybridized carbons (Fsp3) is 0.444. The highest BCUT2D eigenvalue weighted by Crippen LogP contribution is 2.34. The zero-order valence-corrected chi connectivity index (χ0v) is 16.7. The van der Waals surface area contributed by atoms with Gasteiger partial charge in [0, 0.05) is 49.2 Å². The van der Waals surface area contributed by atoms with Crippen LogP contribution in [0.2, 0.25) is 0 Å². The number of fused-ring (bicyclic) bond motifs is 1.